The molecular formula is C14H18FN3O. The first-order chi connectivity index (χ1) is 8.99. The standard InChI is InChI=1S/C14H18FN3O/c1-9(2)18-14(16-8-17-18)7-13(19)11-5-4-10(3)6-12(11)15/h4-6,8-9,13,19H,7H2,1-3H3. The number of halogens is 1. The minimum Gasteiger partial charge on any atom is -0.388 e. The Labute approximate surface area is 111 Å². The van der Waals surface area contributed by atoms with Crippen molar-refractivity contribution in [3.05, 3.63) is 47.3 Å². The van der Waals surface area contributed by atoms with Crippen LogP contribution < -0.4 is 0 Å². The van der Waals surface area contributed by atoms with Gasteiger partial charge in [0.25, 0.3) is 0 Å². The third-order valence-electron chi connectivity index (χ3n) is 3.03. The van der Waals surface area contributed by atoms with Gasteiger partial charge in [0.2, 0.25) is 0 Å². The van der Waals surface area contributed by atoms with Gasteiger partial charge < -0.3 is 5.11 Å². The number of aliphatic hydroxyl groups excluding tert-OH is 1. The Balaban J connectivity index is 2.21. The van der Waals surface area contributed by atoms with Gasteiger partial charge in [-0.2, -0.15) is 5.10 Å². The number of hydrogen-bond acceptors (Lipinski definition) is 3. The highest BCUT2D eigenvalue weighted by atomic mass is 19.1. The zero-order valence-corrected chi connectivity index (χ0v) is 11.3. The number of nitrogens with zero attached hydrogens (tertiary/aromatic N) is 3. The molecule has 1 aromatic heterocycles. The van der Waals surface area contributed by atoms with Crippen molar-refractivity contribution in [1.82, 2.24) is 14.8 Å². The Morgan fingerprint density at radius 3 is 2.74 bits per heavy atom. The fourth-order valence-electron chi connectivity index (χ4n) is 2.04. The summed E-state index contributed by atoms with van der Waals surface area (Å²) < 4.78 is 15.5. The number of aliphatic hydroxyl groups is 1. The monoisotopic (exact) mass is 263 g/mol. The van der Waals surface area contributed by atoms with Crippen LogP contribution >= 0.6 is 0 Å². The minimum atomic E-state index is -0.915. The summed E-state index contributed by atoms with van der Waals surface area (Å²) in [6.07, 6.45) is 0.786. The van der Waals surface area contributed by atoms with Crippen molar-refractivity contribution >= 4 is 0 Å². The van der Waals surface area contributed by atoms with Crippen LogP contribution in [-0.4, -0.2) is 19.9 Å². The van der Waals surface area contributed by atoms with Crippen molar-refractivity contribution in [2.24, 2.45) is 0 Å². The summed E-state index contributed by atoms with van der Waals surface area (Å²) in [6, 6.07) is 4.99. The molecule has 0 bridgehead atoms. The molecule has 1 atom stereocenters. The molecule has 2 aromatic rings. The summed E-state index contributed by atoms with van der Waals surface area (Å²) in [5, 5.41) is 14.2. The van der Waals surface area contributed by atoms with E-state index in [1.54, 1.807) is 16.8 Å². The second-order valence-corrected chi connectivity index (χ2v) is 4.96. The first-order valence-electron chi connectivity index (χ1n) is 6.31. The predicted octanol–water partition coefficient (Wildman–Crippen LogP) is 2.58. The third-order valence-corrected chi connectivity index (χ3v) is 3.03. The molecular weight excluding hydrogens is 245 g/mol. The van der Waals surface area contributed by atoms with Gasteiger partial charge in [-0.25, -0.2) is 14.1 Å². The van der Waals surface area contributed by atoms with Crippen molar-refractivity contribution in [3.63, 3.8) is 0 Å². The lowest BCUT2D eigenvalue weighted by Gasteiger charge is -2.14. The lowest BCUT2D eigenvalue weighted by atomic mass is 10.0. The number of aromatic nitrogens is 3. The van der Waals surface area contributed by atoms with Gasteiger partial charge in [-0.05, 0) is 32.4 Å². The van der Waals surface area contributed by atoms with E-state index in [2.05, 4.69) is 10.1 Å². The van der Waals surface area contributed by atoms with Gasteiger partial charge in [-0.15, -0.1) is 0 Å². The maximum absolute atomic E-state index is 13.8. The van der Waals surface area contributed by atoms with E-state index in [0.717, 1.165) is 5.56 Å². The highest BCUT2D eigenvalue weighted by Crippen LogP contribution is 2.22. The fraction of sp³-hybridized carbons (Fsp3) is 0.429. The number of aryl methyl sites for hydroxylation is 1. The first-order valence-corrected chi connectivity index (χ1v) is 6.31. The minimum absolute atomic E-state index is 0.160. The first kappa shape index (κ1) is 13.7. The third kappa shape index (κ3) is 2.98. The van der Waals surface area contributed by atoms with Gasteiger partial charge >= 0.3 is 0 Å². The molecule has 102 valence electrons. The lowest BCUT2D eigenvalue weighted by molar-refractivity contribution is 0.168. The van der Waals surface area contributed by atoms with E-state index >= 15 is 0 Å². The van der Waals surface area contributed by atoms with Gasteiger partial charge in [-0.1, -0.05) is 12.1 Å². The molecule has 19 heavy (non-hydrogen) atoms. The van der Waals surface area contributed by atoms with Crippen LogP contribution in [0, 0.1) is 12.7 Å². The Hall–Kier alpha value is -1.75. The van der Waals surface area contributed by atoms with Crippen molar-refractivity contribution in [2.75, 3.05) is 0 Å². The summed E-state index contributed by atoms with van der Waals surface area (Å²) in [6.45, 7) is 5.78. The normalized spacial score (nSPS) is 12.9. The second-order valence-electron chi connectivity index (χ2n) is 4.96. The Morgan fingerprint density at radius 1 is 1.37 bits per heavy atom. The molecule has 0 amide bonds. The van der Waals surface area contributed by atoms with Crippen molar-refractivity contribution in [1.29, 1.82) is 0 Å². The van der Waals surface area contributed by atoms with Gasteiger partial charge in [-0.3, -0.25) is 0 Å². The van der Waals surface area contributed by atoms with Gasteiger partial charge in [0.15, 0.2) is 0 Å². The molecule has 5 heteroatoms. The van der Waals surface area contributed by atoms with Crippen molar-refractivity contribution in [3.8, 4) is 0 Å². The van der Waals surface area contributed by atoms with Gasteiger partial charge in [0.05, 0.1) is 6.10 Å². The molecule has 4 nitrogen and oxygen atoms in total. The molecule has 1 unspecified atom stereocenters. The maximum Gasteiger partial charge on any atom is 0.138 e. The molecule has 0 aliphatic heterocycles. The lowest BCUT2D eigenvalue weighted by Crippen LogP contribution is -2.13. The zero-order chi connectivity index (χ0) is 14.0. The van der Waals surface area contributed by atoms with E-state index in [1.807, 2.05) is 20.8 Å². The highest BCUT2D eigenvalue weighted by molar-refractivity contribution is 5.25. The van der Waals surface area contributed by atoms with E-state index < -0.39 is 6.10 Å². The average molecular weight is 263 g/mol. The smallest absolute Gasteiger partial charge is 0.138 e. The van der Waals surface area contributed by atoms with Crippen LogP contribution in [-0.2, 0) is 6.42 Å². The molecule has 2 rings (SSSR count). The van der Waals surface area contributed by atoms with Gasteiger partial charge in [0, 0.05) is 18.0 Å². The Kier molecular flexibility index (Phi) is 3.95. The molecule has 0 aliphatic rings. The zero-order valence-electron chi connectivity index (χ0n) is 11.3. The van der Waals surface area contributed by atoms with Crippen LogP contribution in [0.25, 0.3) is 0 Å². The van der Waals surface area contributed by atoms with Crippen molar-refractivity contribution < 1.29 is 9.50 Å². The SMILES string of the molecule is Cc1ccc(C(O)Cc2ncnn2C(C)C)c(F)c1. The molecule has 1 aromatic carbocycles. The van der Waals surface area contributed by atoms with Crippen LogP contribution in [0.4, 0.5) is 4.39 Å². The summed E-state index contributed by atoms with van der Waals surface area (Å²) in [5.41, 5.74) is 1.13. The molecule has 1 N–H and O–H groups in total. The average Bonchev–Trinajstić information content (AvgIpc) is 2.76. The second kappa shape index (κ2) is 5.48. The molecule has 0 spiro atoms. The van der Waals surface area contributed by atoms with Crippen LogP contribution in [0.5, 0.6) is 0 Å². The Bertz CT molecular complexity index is 566. The van der Waals surface area contributed by atoms with Gasteiger partial charge in [0.1, 0.15) is 18.0 Å². The summed E-state index contributed by atoms with van der Waals surface area (Å²) in [7, 11) is 0. The molecule has 0 saturated heterocycles. The largest absolute Gasteiger partial charge is 0.388 e. The van der Waals surface area contributed by atoms with E-state index in [0.29, 0.717) is 11.4 Å². The molecule has 0 aliphatic carbocycles. The number of benzene rings is 1. The quantitative estimate of drug-likeness (QED) is 0.922. The maximum atomic E-state index is 13.8. The summed E-state index contributed by atoms with van der Waals surface area (Å²) in [5.74, 6) is 0.269. The topological polar surface area (TPSA) is 50.9 Å². The van der Waals surface area contributed by atoms with E-state index in [9.17, 15) is 9.50 Å². The predicted molar refractivity (Wildman–Crippen MR) is 70.2 cm³/mol. The van der Waals surface area contributed by atoms with E-state index in [4.69, 9.17) is 0 Å². The molecule has 0 radical (unpaired) electrons. The van der Waals surface area contributed by atoms with E-state index in [1.165, 1.54) is 12.4 Å². The van der Waals surface area contributed by atoms with Crippen LogP contribution in [0.15, 0.2) is 24.5 Å². The van der Waals surface area contributed by atoms with Crippen LogP contribution in [0.3, 0.4) is 0 Å². The Morgan fingerprint density at radius 2 is 2.11 bits per heavy atom. The van der Waals surface area contributed by atoms with Crippen LogP contribution in [0.2, 0.25) is 0 Å². The number of hydrogen-bond donors (Lipinski definition) is 1. The van der Waals surface area contributed by atoms with E-state index in [-0.39, 0.29) is 18.3 Å². The molecule has 0 saturated carbocycles. The van der Waals surface area contributed by atoms with Crippen molar-refractivity contribution in [2.45, 2.75) is 39.3 Å². The summed E-state index contributed by atoms with van der Waals surface area (Å²) in [4.78, 5) is 4.12. The summed E-state index contributed by atoms with van der Waals surface area (Å²) >= 11 is 0. The highest BCUT2D eigenvalue weighted by Gasteiger charge is 2.17. The molecule has 1 heterocycles. The molecule has 0 fully saturated rings. The number of rotatable bonds is 4. The fourth-order valence-corrected chi connectivity index (χ4v) is 2.04. The van der Waals surface area contributed by atoms with Crippen LogP contribution in [0.1, 0.15) is 42.9 Å².